The van der Waals surface area contributed by atoms with Gasteiger partial charge in [-0.1, -0.05) is 0 Å². The van der Waals surface area contributed by atoms with Gasteiger partial charge in [0.1, 0.15) is 0 Å². The molecule has 0 amide bonds. The van der Waals surface area contributed by atoms with E-state index in [0.717, 1.165) is 24.3 Å². The summed E-state index contributed by atoms with van der Waals surface area (Å²) in [6.07, 6.45) is 1.80. The van der Waals surface area contributed by atoms with Crippen LogP contribution in [0.1, 0.15) is 11.3 Å². The molecule has 0 bridgehead atoms. The molecule has 0 saturated heterocycles. The van der Waals surface area contributed by atoms with Crippen LogP contribution in [0.2, 0.25) is 0 Å². The van der Waals surface area contributed by atoms with Gasteiger partial charge >= 0.3 is 0 Å². The van der Waals surface area contributed by atoms with Crippen LogP contribution in [0.15, 0.2) is 6.20 Å². The highest BCUT2D eigenvalue weighted by Gasteiger charge is 2.15. The normalized spacial score (nSPS) is 14.3. The summed E-state index contributed by atoms with van der Waals surface area (Å²) < 4.78 is 0. The summed E-state index contributed by atoms with van der Waals surface area (Å²) in [6, 6.07) is 0. The van der Waals surface area contributed by atoms with Crippen molar-refractivity contribution in [3.8, 4) is 11.6 Å². The van der Waals surface area contributed by atoms with E-state index in [9.17, 15) is 0 Å². The molecule has 0 aromatic carbocycles. The first-order valence-electron chi connectivity index (χ1n) is 4.23. The Morgan fingerprint density at radius 2 is 2.21 bits per heavy atom. The van der Waals surface area contributed by atoms with Crippen LogP contribution in [0, 0.1) is 0 Å². The van der Waals surface area contributed by atoms with Gasteiger partial charge in [-0.05, 0) is 5.21 Å². The molecule has 0 atom stereocenters. The maximum atomic E-state index is 4.34. The number of H-pyrrole nitrogens is 1. The van der Waals surface area contributed by atoms with Gasteiger partial charge in [-0.25, -0.2) is 9.97 Å². The van der Waals surface area contributed by atoms with Gasteiger partial charge in [-0.2, -0.15) is 5.21 Å². The number of hydrogen-bond acceptors (Lipinski definition) is 6. The number of fused-ring (bicyclic) bond motifs is 1. The SMILES string of the molecule is c1nc(-c2nn[nH]n2)nc2c1CNC2. The summed E-state index contributed by atoms with van der Waals surface area (Å²) in [5.41, 5.74) is 2.15. The number of tetrazole rings is 1. The summed E-state index contributed by atoms with van der Waals surface area (Å²) in [7, 11) is 0. The third kappa shape index (κ3) is 1.06. The Kier molecular flexibility index (Phi) is 1.51. The highest BCUT2D eigenvalue weighted by Crippen LogP contribution is 2.14. The lowest BCUT2D eigenvalue weighted by atomic mass is 10.3. The zero-order chi connectivity index (χ0) is 9.38. The zero-order valence-electron chi connectivity index (χ0n) is 7.23. The number of aromatic nitrogens is 6. The summed E-state index contributed by atoms with van der Waals surface area (Å²) in [4.78, 5) is 8.49. The van der Waals surface area contributed by atoms with Crippen molar-refractivity contribution in [1.82, 2.24) is 35.9 Å². The fourth-order valence-electron chi connectivity index (χ4n) is 1.42. The van der Waals surface area contributed by atoms with Gasteiger partial charge in [-0.15, -0.1) is 10.2 Å². The lowest BCUT2D eigenvalue weighted by molar-refractivity contribution is 0.758. The Morgan fingerprint density at radius 3 is 3.07 bits per heavy atom. The van der Waals surface area contributed by atoms with Crippen molar-refractivity contribution in [2.75, 3.05) is 0 Å². The van der Waals surface area contributed by atoms with Crippen LogP contribution in [0.5, 0.6) is 0 Å². The van der Waals surface area contributed by atoms with Crippen LogP contribution in [0.25, 0.3) is 11.6 Å². The summed E-state index contributed by atoms with van der Waals surface area (Å²) in [6.45, 7) is 1.62. The smallest absolute Gasteiger partial charge is 0.241 e. The number of nitrogens with zero attached hydrogens (tertiary/aromatic N) is 5. The van der Waals surface area contributed by atoms with E-state index in [1.54, 1.807) is 6.20 Å². The van der Waals surface area contributed by atoms with Crippen molar-refractivity contribution in [1.29, 1.82) is 0 Å². The average molecular weight is 189 g/mol. The molecule has 3 rings (SSSR count). The van der Waals surface area contributed by atoms with E-state index >= 15 is 0 Å². The zero-order valence-corrected chi connectivity index (χ0v) is 7.23. The molecule has 1 aliphatic rings. The lowest BCUT2D eigenvalue weighted by Crippen LogP contribution is -2.00. The van der Waals surface area contributed by atoms with Crippen LogP contribution >= 0.6 is 0 Å². The molecule has 0 radical (unpaired) electrons. The molecular weight excluding hydrogens is 182 g/mol. The van der Waals surface area contributed by atoms with Crippen LogP contribution < -0.4 is 5.32 Å². The van der Waals surface area contributed by atoms with Gasteiger partial charge in [0.25, 0.3) is 0 Å². The number of nitrogens with one attached hydrogen (secondary N) is 2. The Bertz CT molecular complexity index is 449. The summed E-state index contributed by atoms with van der Waals surface area (Å²) >= 11 is 0. The molecule has 2 aromatic rings. The molecule has 2 N–H and O–H groups in total. The average Bonchev–Trinajstić information content (AvgIpc) is 2.88. The monoisotopic (exact) mass is 189 g/mol. The predicted octanol–water partition coefficient (Wildman–Crippen LogP) is -0.740. The molecule has 1 aliphatic heterocycles. The molecule has 0 spiro atoms. The molecule has 7 nitrogen and oxygen atoms in total. The van der Waals surface area contributed by atoms with Gasteiger partial charge in [0, 0.05) is 24.8 Å². The second kappa shape index (κ2) is 2.81. The maximum absolute atomic E-state index is 4.34. The third-order valence-corrected chi connectivity index (χ3v) is 2.11. The maximum Gasteiger partial charge on any atom is 0.241 e. The molecule has 70 valence electrons. The molecule has 2 aromatic heterocycles. The Morgan fingerprint density at radius 1 is 1.21 bits per heavy atom. The van der Waals surface area contributed by atoms with Crippen molar-refractivity contribution in [2.24, 2.45) is 0 Å². The standard InChI is InChI=1S/C7H7N7/c1-4-2-9-6(7-11-13-14-12-7)10-5(4)3-8-1/h2,8H,1,3H2,(H,11,12,13,14). The Hall–Kier alpha value is -1.89. The fourth-order valence-corrected chi connectivity index (χ4v) is 1.42. The summed E-state index contributed by atoms with van der Waals surface area (Å²) in [5, 5.41) is 16.7. The van der Waals surface area contributed by atoms with Crippen molar-refractivity contribution in [3.05, 3.63) is 17.5 Å². The third-order valence-electron chi connectivity index (χ3n) is 2.11. The Balaban J connectivity index is 2.09. The van der Waals surface area contributed by atoms with Crippen molar-refractivity contribution in [2.45, 2.75) is 13.1 Å². The van der Waals surface area contributed by atoms with Crippen molar-refractivity contribution >= 4 is 0 Å². The van der Waals surface area contributed by atoms with Gasteiger partial charge < -0.3 is 5.32 Å². The lowest BCUT2D eigenvalue weighted by Gasteiger charge is -1.97. The second-order valence-corrected chi connectivity index (χ2v) is 3.00. The fraction of sp³-hybridized carbons (Fsp3) is 0.286. The molecule has 0 aliphatic carbocycles. The van der Waals surface area contributed by atoms with Gasteiger partial charge in [-0.3, -0.25) is 0 Å². The Labute approximate surface area is 79.0 Å². The minimum Gasteiger partial charge on any atom is -0.307 e. The highest BCUT2D eigenvalue weighted by molar-refractivity contribution is 5.42. The van der Waals surface area contributed by atoms with Crippen molar-refractivity contribution < 1.29 is 0 Å². The minimum atomic E-state index is 0.430. The van der Waals surface area contributed by atoms with Crippen LogP contribution in [0.4, 0.5) is 0 Å². The second-order valence-electron chi connectivity index (χ2n) is 3.00. The van der Waals surface area contributed by atoms with Gasteiger partial charge in [0.05, 0.1) is 5.69 Å². The quantitative estimate of drug-likeness (QED) is 0.613. The predicted molar refractivity (Wildman–Crippen MR) is 45.7 cm³/mol. The highest BCUT2D eigenvalue weighted by atomic mass is 15.5. The van der Waals surface area contributed by atoms with Gasteiger partial charge in [0.2, 0.25) is 11.6 Å². The van der Waals surface area contributed by atoms with E-state index < -0.39 is 0 Å². The van der Waals surface area contributed by atoms with E-state index in [2.05, 4.69) is 35.9 Å². The molecule has 7 heteroatoms. The van der Waals surface area contributed by atoms with Crippen LogP contribution in [0.3, 0.4) is 0 Å². The number of hydrogen-bond donors (Lipinski definition) is 2. The van der Waals surface area contributed by atoms with E-state index in [4.69, 9.17) is 0 Å². The molecule has 3 heterocycles. The largest absolute Gasteiger partial charge is 0.307 e. The van der Waals surface area contributed by atoms with Crippen molar-refractivity contribution in [3.63, 3.8) is 0 Å². The molecule has 14 heavy (non-hydrogen) atoms. The topological polar surface area (TPSA) is 92.3 Å². The van der Waals surface area contributed by atoms with E-state index in [1.165, 1.54) is 0 Å². The van der Waals surface area contributed by atoms with E-state index in [0.29, 0.717) is 11.6 Å². The molecule has 0 unspecified atom stereocenters. The number of aromatic amines is 1. The van der Waals surface area contributed by atoms with Crippen LogP contribution in [-0.2, 0) is 13.1 Å². The summed E-state index contributed by atoms with van der Waals surface area (Å²) in [5.74, 6) is 0.945. The van der Waals surface area contributed by atoms with Crippen LogP contribution in [-0.4, -0.2) is 30.6 Å². The van der Waals surface area contributed by atoms with Gasteiger partial charge in [0.15, 0.2) is 0 Å². The first-order chi connectivity index (χ1) is 6.93. The first kappa shape index (κ1) is 7.51. The van der Waals surface area contributed by atoms with E-state index in [1.807, 2.05) is 0 Å². The molecule has 0 saturated carbocycles. The van der Waals surface area contributed by atoms with E-state index in [-0.39, 0.29) is 0 Å². The first-order valence-corrected chi connectivity index (χ1v) is 4.23. The molecule has 0 fully saturated rings. The molecular formula is C7H7N7. The minimum absolute atomic E-state index is 0.430. The number of rotatable bonds is 1.